The zero-order valence-electron chi connectivity index (χ0n) is 16.4. The SMILES string of the molecule is CCCCCc1ccc2c(ccc3cc(C#Cc4ccc(Cl)c(F)c4)ccc32)c1. The highest BCUT2D eigenvalue weighted by molar-refractivity contribution is 6.30. The molecule has 0 aliphatic carbocycles. The average molecular weight is 401 g/mol. The van der Waals surface area contributed by atoms with Crippen LogP contribution in [0.4, 0.5) is 4.39 Å². The maximum Gasteiger partial charge on any atom is 0.143 e. The van der Waals surface area contributed by atoms with Gasteiger partial charge in [-0.15, -0.1) is 0 Å². The van der Waals surface area contributed by atoms with Gasteiger partial charge in [0.25, 0.3) is 0 Å². The monoisotopic (exact) mass is 400 g/mol. The first-order valence-electron chi connectivity index (χ1n) is 10.1. The zero-order valence-corrected chi connectivity index (χ0v) is 17.2. The number of fused-ring (bicyclic) bond motifs is 3. The first kappa shape index (κ1) is 19.5. The van der Waals surface area contributed by atoms with Crippen molar-refractivity contribution in [3.05, 3.63) is 94.3 Å². The maximum atomic E-state index is 13.6. The molecule has 0 unspecified atom stereocenters. The molecule has 0 nitrogen and oxygen atoms in total. The van der Waals surface area contributed by atoms with E-state index >= 15 is 0 Å². The van der Waals surface area contributed by atoms with E-state index in [4.69, 9.17) is 11.6 Å². The van der Waals surface area contributed by atoms with Gasteiger partial charge in [0.05, 0.1) is 5.02 Å². The fraction of sp³-hybridized carbons (Fsp3) is 0.185. The average Bonchev–Trinajstić information content (AvgIpc) is 2.74. The standard InChI is InChI=1S/C27H22ClF/c1-2-3-4-5-19-8-13-24-22(16-19)11-12-23-17-20(9-14-25(23)24)6-7-21-10-15-26(28)27(29)18-21/h8-18H,2-5H2,1H3. The van der Waals surface area contributed by atoms with Crippen molar-refractivity contribution in [1.29, 1.82) is 0 Å². The van der Waals surface area contributed by atoms with Crippen molar-refractivity contribution in [3.8, 4) is 11.8 Å². The van der Waals surface area contributed by atoms with Crippen LogP contribution in [0.15, 0.2) is 66.7 Å². The Hall–Kier alpha value is -2.82. The van der Waals surface area contributed by atoms with E-state index in [2.05, 4.69) is 61.2 Å². The molecule has 29 heavy (non-hydrogen) atoms. The Morgan fingerprint density at radius 3 is 2.14 bits per heavy atom. The highest BCUT2D eigenvalue weighted by Crippen LogP contribution is 2.27. The third-order valence-electron chi connectivity index (χ3n) is 5.24. The maximum absolute atomic E-state index is 13.6. The van der Waals surface area contributed by atoms with Gasteiger partial charge >= 0.3 is 0 Å². The van der Waals surface area contributed by atoms with Crippen molar-refractivity contribution >= 4 is 33.1 Å². The summed E-state index contributed by atoms with van der Waals surface area (Å²) in [6.45, 7) is 2.24. The molecule has 0 bridgehead atoms. The summed E-state index contributed by atoms with van der Waals surface area (Å²) < 4.78 is 13.6. The Labute approximate surface area is 176 Å². The Kier molecular flexibility index (Phi) is 5.84. The van der Waals surface area contributed by atoms with Gasteiger partial charge in [-0.25, -0.2) is 4.39 Å². The Bertz CT molecular complexity index is 1240. The number of benzene rings is 4. The first-order chi connectivity index (χ1) is 14.1. The quantitative estimate of drug-likeness (QED) is 0.185. The van der Waals surface area contributed by atoms with E-state index in [1.54, 1.807) is 6.07 Å². The van der Waals surface area contributed by atoms with Crippen LogP contribution in [0.25, 0.3) is 21.5 Å². The second-order valence-electron chi connectivity index (χ2n) is 7.39. The van der Waals surface area contributed by atoms with Gasteiger partial charge in [0.2, 0.25) is 0 Å². The van der Waals surface area contributed by atoms with Crippen LogP contribution in [-0.2, 0) is 6.42 Å². The molecule has 4 aromatic carbocycles. The van der Waals surface area contributed by atoms with Gasteiger partial charge in [0.1, 0.15) is 5.82 Å². The van der Waals surface area contributed by atoms with E-state index in [-0.39, 0.29) is 5.02 Å². The molecule has 0 radical (unpaired) electrons. The predicted octanol–water partition coefficient (Wildman–Crippen LogP) is 7.92. The highest BCUT2D eigenvalue weighted by atomic mass is 35.5. The lowest BCUT2D eigenvalue weighted by molar-refractivity contribution is 0.628. The van der Waals surface area contributed by atoms with E-state index in [1.165, 1.54) is 53.1 Å². The van der Waals surface area contributed by atoms with E-state index in [0.29, 0.717) is 5.56 Å². The molecule has 0 aliphatic heterocycles. The number of hydrogen-bond donors (Lipinski definition) is 0. The van der Waals surface area contributed by atoms with E-state index in [9.17, 15) is 4.39 Å². The van der Waals surface area contributed by atoms with E-state index in [0.717, 1.165) is 17.4 Å². The van der Waals surface area contributed by atoms with Gasteiger partial charge in [-0.1, -0.05) is 79.6 Å². The van der Waals surface area contributed by atoms with Crippen LogP contribution in [0.5, 0.6) is 0 Å². The predicted molar refractivity (Wildman–Crippen MR) is 122 cm³/mol. The Balaban J connectivity index is 1.64. The largest absolute Gasteiger partial charge is 0.205 e. The molecule has 0 fully saturated rings. The molecule has 0 heterocycles. The summed E-state index contributed by atoms with van der Waals surface area (Å²) >= 11 is 5.73. The molecule has 2 heteroatoms. The van der Waals surface area contributed by atoms with Gasteiger partial charge in [-0.2, -0.15) is 0 Å². The van der Waals surface area contributed by atoms with Crippen molar-refractivity contribution in [3.63, 3.8) is 0 Å². The van der Waals surface area contributed by atoms with Crippen LogP contribution in [-0.4, -0.2) is 0 Å². The normalized spacial score (nSPS) is 10.9. The van der Waals surface area contributed by atoms with Crippen LogP contribution in [0.2, 0.25) is 5.02 Å². The van der Waals surface area contributed by atoms with Crippen LogP contribution in [0.3, 0.4) is 0 Å². The van der Waals surface area contributed by atoms with E-state index < -0.39 is 5.82 Å². The number of halogens is 2. The highest BCUT2D eigenvalue weighted by Gasteiger charge is 2.03. The summed E-state index contributed by atoms with van der Waals surface area (Å²) in [5.41, 5.74) is 2.92. The molecular formula is C27H22ClF. The number of hydrogen-bond acceptors (Lipinski definition) is 0. The number of aryl methyl sites for hydroxylation is 1. The lowest BCUT2D eigenvalue weighted by atomic mass is 9.97. The number of unbranched alkanes of at least 4 members (excludes halogenated alkanes) is 2. The molecule has 0 N–H and O–H groups in total. The molecule has 4 rings (SSSR count). The summed E-state index contributed by atoms with van der Waals surface area (Å²) in [4.78, 5) is 0. The fourth-order valence-electron chi connectivity index (χ4n) is 3.65. The Morgan fingerprint density at radius 2 is 1.41 bits per heavy atom. The fourth-order valence-corrected chi connectivity index (χ4v) is 3.77. The van der Waals surface area contributed by atoms with Crippen molar-refractivity contribution in [2.45, 2.75) is 32.6 Å². The minimum atomic E-state index is -0.447. The summed E-state index contributed by atoms with van der Waals surface area (Å²) in [6.07, 6.45) is 4.91. The molecule has 0 aromatic heterocycles. The van der Waals surface area contributed by atoms with Crippen LogP contribution >= 0.6 is 11.6 Å². The van der Waals surface area contributed by atoms with Gasteiger partial charge in [-0.05, 0) is 70.3 Å². The third-order valence-corrected chi connectivity index (χ3v) is 5.55. The molecule has 0 spiro atoms. The van der Waals surface area contributed by atoms with Crippen LogP contribution in [0, 0.1) is 17.7 Å². The lowest BCUT2D eigenvalue weighted by Gasteiger charge is -2.07. The summed E-state index contributed by atoms with van der Waals surface area (Å²) in [6, 6.07) is 22.0. The second kappa shape index (κ2) is 8.68. The summed E-state index contributed by atoms with van der Waals surface area (Å²) in [7, 11) is 0. The smallest absolute Gasteiger partial charge is 0.143 e. The van der Waals surface area contributed by atoms with Crippen molar-refractivity contribution in [2.24, 2.45) is 0 Å². The minimum absolute atomic E-state index is 0.113. The van der Waals surface area contributed by atoms with Gasteiger partial charge in [0, 0.05) is 11.1 Å². The van der Waals surface area contributed by atoms with Crippen LogP contribution in [0.1, 0.15) is 42.9 Å². The first-order valence-corrected chi connectivity index (χ1v) is 10.4. The molecule has 4 aromatic rings. The number of rotatable bonds is 4. The molecule has 0 atom stereocenters. The zero-order chi connectivity index (χ0) is 20.2. The molecule has 0 aliphatic rings. The van der Waals surface area contributed by atoms with Crippen LogP contribution < -0.4 is 0 Å². The Morgan fingerprint density at radius 1 is 0.759 bits per heavy atom. The molecule has 0 saturated carbocycles. The second-order valence-corrected chi connectivity index (χ2v) is 7.80. The summed E-state index contributed by atoms with van der Waals surface area (Å²) in [5.74, 6) is 5.69. The van der Waals surface area contributed by atoms with Crippen molar-refractivity contribution < 1.29 is 4.39 Å². The van der Waals surface area contributed by atoms with Gasteiger partial charge in [0.15, 0.2) is 0 Å². The minimum Gasteiger partial charge on any atom is -0.205 e. The lowest BCUT2D eigenvalue weighted by Crippen LogP contribution is -1.87. The van der Waals surface area contributed by atoms with Gasteiger partial charge < -0.3 is 0 Å². The molecule has 144 valence electrons. The summed E-state index contributed by atoms with van der Waals surface area (Å²) in [5, 5.41) is 5.04. The molecule has 0 saturated heterocycles. The third kappa shape index (κ3) is 4.44. The van der Waals surface area contributed by atoms with Crippen molar-refractivity contribution in [1.82, 2.24) is 0 Å². The van der Waals surface area contributed by atoms with Crippen molar-refractivity contribution in [2.75, 3.05) is 0 Å². The molecule has 0 amide bonds. The van der Waals surface area contributed by atoms with Gasteiger partial charge in [-0.3, -0.25) is 0 Å². The van der Waals surface area contributed by atoms with E-state index in [1.807, 2.05) is 6.07 Å². The molecular weight excluding hydrogens is 379 g/mol. The topological polar surface area (TPSA) is 0 Å².